The van der Waals surface area contributed by atoms with Crippen LogP contribution >= 0.6 is 0 Å². The van der Waals surface area contributed by atoms with Crippen LogP contribution in [0.15, 0.2) is 30.3 Å². The van der Waals surface area contributed by atoms with Crippen LogP contribution < -0.4 is 4.74 Å². The average Bonchev–Trinajstić information content (AvgIpc) is 2.93. The Hall–Kier alpha value is -2.30. The van der Waals surface area contributed by atoms with Crippen LogP contribution in [-0.2, 0) is 10.2 Å². The summed E-state index contributed by atoms with van der Waals surface area (Å²) in [6.07, 6.45) is 0. The summed E-state index contributed by atoms with van der Waals surface area (Å²) < 4.78 is 12.0. The predicted molar refractivity (Wildman–Crippen MR) is 84.8 cm³/mol. The van der Waals surface area contributed by atoms with Crippen LogP contribution in [0.25, 0.3) is 5.69 Å². The molecule has 1 aromatic heterocycles. The van der Waals surface area contributed by atoms with Gasteiger partial charge in [0.2, 0.25) is 0 Å². The van der Waals surface area contributed by atoms with Gasteiger partial charge in [0, 0.05) is 11.5 Å². The normalized spacial score (nSPS) is 11.3. The van der Waals surface area contributed by atoms with Crippen LogP contribution in [0.5, 0.6) is 5.75 Å². The summed E-state index contributed by atoms with van der Waals surface area (Å²) in [7, 11) is 1.61. The van der Waals surface area contributed by atoms with Crippen LogP contribution in [0, 0.1) is 0 Å². The Morgan fingerprint density at radius 1 is 1.27 bits per heavy atom. The molecule has 5 heteroatoms. The summed E-state index contributed by atoms with van der Waals surface area (Å²) in [6, 6.07) is 9.22. The molecule has 0 saturated carbocycles. The van der Waals surface area contributed by atoms with Crippen molar-refractivity contribution in [2.24, 2.45) is 0 Å². The van der Waals surface area contributed by atoms with Crippen molar-refractivity contribution in [2.45, 2.75) is 33.1 Å². The van der Waals surface area contributed by atoms with E-state index in [9.17, 15) is 4.79 Å². The molecule has 0 saturated heterocycles. The number of carbonyl (C=O) groups excluding carboxylic acids is 1. The van der Waals surface area contributed by atoms with Gasteiger partial charge in [-0.1, -0.05) is 26.8 Å². The second-order valence-corrected chi connectivity index (χ2v) is 6.00. The number of hydrogen-bond acceptors (Lipinski definition) is 4. The van der Waals surface area contributed by atoms with E-state index in [2.05, 4.69) is 25.9 Å². The Balaban J connectivity index is 2.56. The Kier molecular flexibility index (Phi) is 4.54. The first-order valence-electron chi connectivity index (χ1n) is 7.29. The highest BCUT2D eigenvalue weighted by Gasteiger charge is 2.24. The molecular formula is C17H22N2O3. The number of ether oxygens (including phenoxy) is 2. The zero-order valence-electron chi connectivity index (χ0n) is 13.7. The van der Waals surface area contributed by atoms with Crippen molar-refractivity contribution >= 4 is 5.97 Å². The van der Waals surface area contributed by atoms with Crippen LogP contribution in [0.1, 0.15) is 43.9 Å². The second kappa shape index (κ2) is 6.22. The molecule has 2 rings (SSSR count). The molecule has 0 radical (unpaired) electrons. The SMILES string of the molecule is CCOC(=O)c1cc(C(C)(C)C)nn1-c1cccc(OC)c1. The van der Waals surface area contributed by atoms with E-state index in [-0.39, 0.29) is 11.4 Å². The van der Waals surface area contributed by atoms with Crippen LogP contribution in [0.4, 0.5) is 0 Å². The van der Waals surface area contributed by atoms with Gasteiger partial charge in [-0.25, -0.2) is 9.48 Å². The largest absolute Gasteiger partial charge is 0.497 e. The summed E-state index contributed by atoms with van der Waals surface area (Å²) in [4.78, 5) is 12.2. The van der Waals surface area contributed by atoms with Crippen molar-refractivity contribution in [2.75, 3.05) is 13.7 Å². The molecule has 2 aromatic rings. The number of methoxy groups -OCH3 is 1. The van der Waals surface area contributed by atoms with Crippen molar-refractivity contribution in [3.63, 3.8) is 0 Å². The molecule has 0 unspecified atom stereocenters. The van der Waals surface area contributed by atoms with E-state index in [0.29, 0.717) is 18.1 Å². The maximum absolute atomic E-state index is 12.2. The minimum Gasteiger partial charge on any atom is -0.497 e. The van der Waals surface area contributed by atoms with Gasteiger partial charge in [0.25, 0.3) is 0 Å². The highest BCUT2D eigenvalue weighted by atomic mass is 16.5. The van der Waals surface area contributed by atoms with Crippen LogP contribution in [-0.4, -0.2) is 29.5 Å². The van der Waals surface area contributed by atoms with Crippen molar-refractivity contribution in [1.82, 2.24) is 9.78 Å². The van der Waals surface area contributed by atoms with E-state index in [1.165, 1.54) is 0 Å². The van der Waals surface area contributed by atoms with Gasteiger partial charge in [0.15, 0.2) is 5.69 Å². The summed E-state index contributed by atoms with van der Waals surface area (Å²) in [6.45, 7) is 8.28. The van der Waals surface area contributed by atoms with Crippen molar-refractivity contribution in [3.05, 3.63) is 41.7 Å². The first kappa shape index (κ1) is 16.1. The number of aromatic nitrogens is 2. The number of carbonyl (C=O) groups is 1. The van der Waals surface area contributed by atoms with E-state index < -0.39 is 0 Å². The summed E-state index contributed by atoms with van der Waals surface area (Å²) in [5, 5.41) is 4.59. The molecule has 0 bridgehead atoms. The smallest absolute Gasteiger partial charge is 0.357 e. The molecule has 0 aliphatic carbocycles. The standard InChI is InChI=1S/C17H22N2O3/c1-6-22-16(20)14-11-15(17(2,3)4)18-19(14)12-8-7-9-13(10-12)21-5/h7-11H,6H2,1-5H3. The monoisotopic (exact) mass is 302 g/mol. The van der Waals surface area contributed by atoms with Gasteiger partial charge in [-0.05, 0) is 25.1 Å². The van der Waals surface area contributed by atoms with Gasteiger partial charge in [-0.2, -0.15) is 5.10 Å². The second-order valence-electron chi connectivity index (χ2n) is 6.00. The highest BCUT2D eigenvalue weighted by molar-refractivity contribution is 5.88. The summed E-state index contributed by atoms with van der Waals surface area (Å²) in [5.41, 5.74) is 1.85. The van der Waals surface area contributed by atoms with Gasteiger partial charge in [0.1, 0.15) is 5.75 Å². The third-order valence-corrected chi connectivity index (χ3v) is 3.26. The fraction of sp³-hybridized carbons (Fsp3) is 0.412. The van der Waals surface area contributed by atoms with E-state index >= 15 is 0 Å². The van der Waals surface area contributed by atoms with Crippen molar-refractivity contribution < 1.29 is 14.3 Å². The Morgan fingerprint density at radius 2 is 2.00 bits per heavy atom. The minimum absolute atomic E-state index is 0.161. The van der Waals surface area contributed by atoms with E-state index in [1.807, 2.05) is 24.3 Å². The maximum atomic E-state index is 12.2. The lowest BCUT2D eigenvalue weighted by Crippen LogP contribution is -2.13. The van der Waals surface area contributed by atoms with Crippen LogP contribution in [0.2, 0.25) is 0 Å². The van der Waals surface area contributed by atoms with Gasteiger partial charge in [-0.3, -0.25) is 0 Å². The lowest BCUT2D eigenvalue weighted by molar-refractivity contribution is 0.0515. The quantitative estimate of drug-likeness (QED) is 0.813. The molecule has 0 aliphatic heterocycles. The fourth-order valence-corrected chi connectivity index (χ4v) is 2.04. The molecular weight excluding hydrogens is 280 g/mol. The number of benzene rings is 1. The minimum atomic E-state index is -0.381. The first-order chi connectivity index (χ1) is 10.4. The Labute approximate surface area is 130 Å². The van der Waals surface area contributed by atoms with E-state index in [4.69, 9.17) is 9.47 Å². The zero-order chi connectivity index (χ0) is 16.3. The summed E-state index contributed by atoms with van der Waals surface area (Å²) >= 11 is 0. The molecule has 5 nitrogen and oxygen atoms in total. The molecule has 22 heavy (non-hydrogen) atoms. The number of esters is 1. The van der Waals surface area contributed by atoms with Crippen LogP contribution in [0.3, 0.4) is 0 Å². The van der Waals surface area contributed by atoms with Crippen molar-refractivity contribution in [1.29, 1.82) is 0 Å². The number of nitrogens with zero attached hydrogens (tertiary/aromatic N) is 2. The molecule has 1 heterocycles. The molecule has 1 aromatic carbocycles. The lowest BCUT2D eigenvalue weighted by Gasteiger charge is -2.14. The Bertz CT molecular complexity index is 669. The molecule has 0 N–H and O–H groups in total. The van der Waals surface area contributed by atoms with E-state index in [0.717, 1.165) is 11.4 Å². The topological polar surface area (TPSA) is 53.3 Å². The zero-order valence-corrected chi connectivity index (χ0v) is 13.7. The van der Waals surface area contributed by atoms with Gasteiger partial charge < -0.3 is 9.47 Å². The fourth-order valence-electron chi connectivity index (χ4n) is 2.04. The van der Waals surface area contributed by atoms with Crippen molar-refractivity contribution in [3.8, 4) is 11.4 Å². The lowest BCUT2D eigenvalue weighted by atomic mass is 9.92. The number of hydrogen-bond donors (Lipinski definition) is 0. The molecule has 0 aliphatic rings. The molecule has 0 amide bonds. The highest BCUT2D eigenvalue weighted by Crippen LogP contribution is 2.25. The average molecular weight is 302 g/mol. The third-order valence-electron chi connectivity index (χ3n) is 3.26. The van der Waals surface area contributed by atoms with Gasteiger partial charge >= 0.3 is 5.97 Å². The molecule has 0 atom stereocenters. The van der Waals surface area contributed by atoms with Gasteiger partial charge in [-0.15, -0.1) is 0 Å². The third kappa shape index (κ3) is 3.30. The molecule has 0 spiro atoms. The molecule has 0 fully saturated rings. The Morgan fingerprint density at radius 3 is 2.59 bits per heavy atom. The first-order valence-corrected chi connectivity index (χ1v) is 7.29. The van der Waals surface area contributed by atoms with Gasteiger partial charge in [0.05, 0.1) is 25.1 Å². The maximum Gasteiger partial charge on any atom is 0.357 e. The summed E-state index contributed by atoms with van der Waals surface area (Å²) in [5.74, 6) is 0.327. The molecule has 118 valence electrons. The number of rotatable bonds is 4. The predicted octanol–water partition coefficient (Wildman–Crippen LogP) is 3.36. The van der Waals surface area contributed by atoms with E-state index in [1.54, 1.807) is 24.8 Å².